The zero-order valence-corrected chi connectivity index (χ0v) is 20.7. The molecule has 2 aromatic rings. The van der Waals surface area contributed by atoms with Gasteiger partial charge in [-0.2, -0.15) is 0 Å². The minimum Gasteiger partial charge on any atom is -0.370 e. The molecule has 0 N–H and O–H groups in total. The maximum absolute atomic E-state index is 13.5. The van der Waals surface area contributed by atoms with Gasteiger partial charge in [-0.25, -0.2) is 0 Å². The SMILES string of the molecule is CC(C)CCN1C(=O)C(=Cc2c(N3CCCCCC3)c3ccccc3n(C)c2=O)SC1=S. The first-order valence-corrected chi connectivity index (χ1v) is 12.7. The molecular formula is C25H31N3O2S2. The van der Waals surface area contributed by atoms with Crippen LogP contribution in [0, 0.1) is 5.92 Å². The lowest BCUT2D eigenvalue weighted by Crippen LogP contribution is -2.31. The molecular weight excluding hydrogens is 438 g/mol. The molecule has 32 heavy (non-hydrogen) atoms. The molecule has 0 bridgehead atoms. The second-order valence-electron chi connectivity index (χ2n) is 9.06. The zero-order valence-electron chi connectivity index (χ0n) is 19.1. The summed E-state index contributed by atoms with van der Waals surface area (Å²) in [5.41, 5.74) is 2.39. The van der Waals surface area contributed by atoms with Gasteiger partial charge in [0.05, 0.1) is 21.7 Å². The Morgan fingerprint density at radius 3 is 2.47 bits per heavy atom. The number of hydrogen-bond donors (Lipinski definition) is 0. The van der Waals surface area contributed by atoms with Crippen molar-refractivity contribution in [2.24, 2.45) is 13.0 Å². The van der Waals surface area contributed by atoms with Crippen LogP contribution in [0.2, 0.25) is 0 Å². The van der Waals surface area contributed by atoms with Crippen LogP contribution < -0.4 is 10.5 Å². The van der Waals surface area contributed by atoms with Crippen molar-refractivity contribution in [3.63, 3.8) is 0 Å². The number of anilines is 1. The molecule has 7 heteroatoms. The van der Waals surface area contributed by atoms with E-state index in [2.05, 4.69) is 24.8 Å². The number of thioether (sulfide) groups is 1. The maximum Gasteiger partial charge on any atom is 0.266 e. The molecule has 1 aromatic carbocycles. The van der Waals surface area contributed by atoms with E-state index in [0.29, 0.717) is 27.3 Å². The van der Waals surface area contributed by atoms with Gasteiger partial charge < -0.3 is 9.47 Å². The summed E-state index contributed by atoms with van der Waals surface area (Å²) in [6.07, 6.45) is 7.34. The summed E-state index contributed by atoms with van der Waals surface area (Å²) in [7, 11) is 1.81. The molecule has 3 heterocycles. The molecule has 1 aromatic heterocycles. The monoisotopic (exact) mass is 469 g/mol. The first-order chi connectivity index (χ1) is 15.4. The van der Waals surface area contributed by atoms with Crippen LogP contribution in [0.1, 0.15) is 51.5 Å². The maximum atomic E-state index is 13.5. The second-order valence-corrected chi connectivity index (χ2v) is 10.7. The number of nitrogens with zero attached hydrogens (tertiary/aromatic N) is 3. The van der Waals surface area contributed by atoms with Gasteiger partial charge in [-0.05, 0) is 37.3 Å². The number of aryl methyl sites for hydroxylation is 1. The van der Waals surface area contributed by atoms with Gasteiger partial charge in [-0.3, -0.25) is 14.5 Å². The third kappa shape index (κ3) is 4.50. The number of amides is 1. The highest BCUT2D eigenvalue weighted by Gasteiger charge is 2.33. The number of fused-ring (bicyclic) bond motifs is 1. The molecule has 0 saturated carbocycles. The lowest BCUT2D eigenvalue weighted by atomic mass is 10.1. The fourth-order valence-electron chi connectivity index (χ4n) is 4.48. The molecule has 1 amide bonds. The molecule has 2 aliphatic heterocycles. The Labute approximate surface area is 199 Å². The Morgan fingerprint density at radius 1 is 1.09 bits per heavy atom. The summed E-state index contributed by atoms with van der Waals surface area (Å²) in [5, 5.41) is 1.05. The van der Waals surface area contributed by atoms with Gasteiger partial charge in [-0.1, -0.05) is 68.9 Å². The fraction of sp³-hybridized carbons (Fsp3) is 0.480. The molecule has 0 spiro atoms. The standard InChI is InChI=1S/C25H31N3O2S2/c1-17(2)12-15-28-24(30)21(32-25(28)31)16-19-22(27-13-8-4-5-9-14-27)18-10-6-7-11-20(18)26(3)23(19)29/h6-7,10-11,16-17H,4-5,8-9,12-15H2,1-3H3. The average Bonchev–Trinajstić information content (AvgIpc) is 2.94. The van der Waals surface area contributed by atoms with Crippen LogP contribution >= 0.6 is 24.0 Å². The van der Waals surface area contributed by atoms with Crippen molar-refractivity contribution in [1.29, 1.82) is 0 Å². The number of para-hydroxylation sites is 1. The number of pyridine rings is 1. The van der Waals surface area contributed by atoms with Crippen molar-refractivity contribution >= 4 is 56.9 Å². The Morgan fingerprint density at radius 2 is 1.78 bits per heavy atom. The predicted octanol–water partition coefficient (Wildman–Crippen LogP) is 5.17. The summed E-state index contributed by atoms with van der Waals surface area (Å²) in [6.45, 7) is 6.74. The van der Waals surface area contributed by atoms with Crippen LogP contribution in [-0.4, -0.2) is 39.3 Å². The van der Waals surface area contributed by atoms with E-state index in [0.717, 1.165) is 48.9 Å². The van der Waals surface area contributed by atoms with Gasteiger partial charge in [0.2, 0.25) is 0 Å². The smallest absolute Gasteiger partial charge is 0.266 e. The van der Waals surface area contributed by atoms with Gasteiger partial charge >= 0.3 is 0 Å². The Balaban J connectivity index is 1.84. The van der Waals surface area contributed by atoms with Crippen molar-refractivity contribution in [1.82, 2.24) is 9.47 Å². The second kappa shape index (κ2) is 9.79. The van der Waals surface area contributed by atoms with Crippen LogP contribution in [-0.2, 0) is 11.8 Å². The normalized spacial score (nSPS) is 18.9. The lowest BCUT2D eigenvalue weighted by Gasteiger charge is -2.27. The third-order valence-corrected chi connectivity index (χ3v) is 7.69. The van der Waals surface area contributed by atoms with E-state index in [-0.39, 0.29) is 11.5 Å². The molecule has 0 unspecified atom stereocenters. The van der Waals surface area contributed by atoms with E-state index < -0.39 is 0 Å². The first kappa shape index (κ1) is 23.1. The highest BCUT2D eigenvalue weighted by atomic mass is 32.2. The van der Waals surface area contributed by atoms with Gasteiger partial charge in [0, 0.05) is 32.1 Å². The molecule has 0 atom stereocenters. The van der Waals surface area contributed by atoms with Crippen molar-refractivity contribution < 1.29 is 4.79 Å². The third-order valence-electron chi connectivity index (χ3n) is 6.31. The van der Waals surface area contributed by atoms with Gasteiger partial charge in [0.1, 0.15) is 4.32 Å². The number of carbonyl (C=O) groups is 1. The fourth-order valence-corrected chi connectivity index (χ4v) is 5.77. The molecule has 0 aliphatic carbocycles. The van der Waals surface area contributed by atoms with E-state index in [9.17, 15) is 9.59 Å². The largest absolute Gasteiger partial charge is 0.370 e. The topological polar surface area (TPSA) is 45.6 Å². The number of hydrogen-bond acceptors (Lipinski definition) is 5. The van der Waals surface area contributed by atoms with Crippen molar-refractivity contribution in [3.8, 4) is 0 Å². The van der Waals surface area contributed by atoms with Crippen molar-refractivity contribution in [2.45, 2.75) is 46.0 Å². The van der Waals surface area contributed by atoms with Crippen LogP contribution in [0.15, 0.2) is 34.0 Å². The molecule has 2 fully saturated rings. The molecule has 0 radical (unpaired) electrons. The van der Waals surface area contributed by atoms with E-state index in [4.69, 9.17) is 12.2 Å². The van der Waals surface area contributed by atoms with E-state index in [1.165, 1.54) is 24.6 Å². The molecule has 170 valence electrons. The summed E-state index contributed by atoms with van der Waals surface area (Å²) >= 11 is 6.82. The quantitative estimate of drug-likeness (QED) is 0.447. The minimum atomic E-state index is -0.0855. The molecule has 2 aliphatic rings. The van der Waals surface area contributed by atoms with Crippen LogP contribution in [0.5, 0.6) is 0 Å². The highest BCUT2D eigenvalue weighted by molar-refractivity contribution is 8.26. The molecule has 4 rings (SSSR count). The predicted molar refractivity (Wildman–Crippen MR) is 139 cm³/mol. The average molecular weight is 470 g/mol. The number of thiocarbonyl (C=S) groups is 1. The lowest BCUT2D eigenvalue weighted by molar-refractivity contribution is -0.122. The van der Waals surface area contributed by atoms with Crippen molar-refractivity contribution in [2.75, 3.05) is 24.5 Å². The van der Waals surface area contributed by atoms with Gasteiger partial charge in [0.15, 0.2) is 0 Å². The first-order valence-electron chi connectivity index (χ1n) is 11.5. The molecule has 5 nitrogen and oxygen atoms in total. The van der Waals surface area contributed by atoms with Crippen molar-refractivity contribution in [3.05, 3.63) is 45.1 Å². The van der Waals surface area contributed by atoms with Crippen LogP contribution in [0.25, 0.3) is 17.0 Å². The Bertz CT molecular complexity index is 1130. The number of benzene rings is 1. The van der Waals surface area contributed by atoms with E-state index in [1.54, 1.807) is 15.5 Å². The molecule has 2 saturated heterocycles. The Hall–Kier alpha value is -2.12. The number of carbonyl (C=O) groups excluding carboxylic acids is 1. The van der Waals surface area contributed by atoms with E-state index in [1.807, 2.05) is 25.2 Å². The van der Waals surface area contributed by atoms with Gasteiger partial charge in [-0.15, -0.1) is 0 Å². The van der Waals surface area contributed by atoms with Crippen LogP contribution in [0.3, 0.4) is 0 Å². The minimum absolute atomic E-state index is 0.0737. The zero-order chi connectivity index (χ0) is 22.8. The van der Waals surface area contributed by atoms with Gasteiger partial charge in [0.25, 0.3) is 11.5 Å². The summed E-state index contributed by atoms with van der Waals surface area (Å²) in [6, 6.07) is 8.06. The highest BCUT2D eigenvalue weighted by Crippen LogP contribution is 2.36. The summed E-state index contributed by atoms with van der Waals surface area (Å²) in [4.78, 5) is 31.3. The summed E-state index contributed by atoms with van der Waals surface area (Å²) in [5.74, 6) is 0.406. The number of rotatable bonds is 5. The van der Waals surface area contributed by atoms with Crippen LogP contribution in [0.4, 0.5) is 5.69 Å². The number of aromatic nitrogens is 1. The summed E-state index contributed by atoms with van der Waals surface area (Å²) < 4.78 is 2.28. The van der Waals surface area contributed by atoms with E-state index >= 15 is 0 Å². The Kier molecular flexibility index (Phi) is 7.05.